The molecule has 1 rings (SSSR count). The molecule has 0 aliphatic heterocycles. The largest absolute Gasteiger partial charge is 0.357 e. The van der Waals surface area contributed by atoms with Crippen LogP contribution >= 0.6 is 11.8 Å². The highest BCUT2D eigenvalue weighted by Crippen LogP contribution is 2.05. The summed E-state index contributed by atoms with van der Waals surface area (Å²) in [5.41, 5.74) is 2.77. The number of guanidine groups is 1. The van der Waals surface area contributed by atoms with Crippen molar-refractivity contribution in [3.8, 4) is 0 Å². The number of aryl methyl sites for hydroxylation is 1. The predicted molar refractivity (Wildman–Crippen MR) is 91.9 cm³/mol. The first-order chi connectivity index (χ1) is 9.80. The van der Waals surface area contributed by atoms with Crippen LogP contribution in [-0.2, 0) is 12.8 Å². The number of aliphatic imine (C=N–C) groups is 1. The summed E-state index contributed by atoms with van der Waals surface area (Å²) in [5, 5.41) is 6.66. The smallest absolute Gasteiger partial charge is 0.191 e. The third-order valence-electron chi connectivity index (χ3n) is 3.05. The molecule has 0 amide bonds. The van der Waals surface area contributed by atoms with Gasteiger partial charge in [0, 0.05) is 18.8 Å². The third kappa shape index (κ3) is 6.85. The van der Waals surface area contributed by atoms with E-state index in [1.807, 2.05) is 11.8 Å². The average molecular weight is 293 g/mol. The molecular weight excluding hydrogens is 266 g/mol. The molecule has 112 valence electrons. The minimum Gasteiger partial charge on any atom is -0.357 e. The van der Waals surface area contributed by atoms with Crippen molar-refractivity contribution in [3.63, 3.8) is 0 Å². The van der Waals surface area contributed by atoms with Crippen molar-refractivity contribution in [1.82, 2.24) is 10.6 Å². The van der Waals surface area contributed by atoms with E-state index >= 15 is 0 Å². The van der Waals surface area contributed by atoms with Crippen molar-refractivity contribution in [1.29, 1.82) is 0 Å². The van der Waals surface area contributed by atoms with Crippen molar-refractivity contribution >= 4 is 17.7 Å². The number of thioether (sulfide) groups is 1. The molecule has 0 atom stereocenters. The molecule has 0 aliphatic carbocycles. The lowest BCUT2D eigenvalue weighted by atomic mass is 10.1. The average Bonchev–Trinajstić information content (AvgIpc) is 2.48. The zero-order valence-electron chi connectivity index (χ0n) is 12.9. The first kappa shape index (κ1) is 16.9. The summed E-state index contributed by atoms with van der Waals surface area (Å²) in [6.45, 7) is 6.95. The maximum absolute atomic E-state index is 4.54. The van der Waals surface area contributed by atoms with Gasteiger partial charge in [-0.2, -0.15) is 11.8 Å². The van der Waals surface area contributed by atoms with Crippen LogP contribution in [-0.4, -0.2) is 37.6 Å². The molecule has 0 saturated heterocycles. The van der Waals surface area contributed by atoms with Crippen LogP contribution in [0.1, 0.15) is 25.0 Å². The van der Waals surface area contributed by atoms with Crippen LogP contribution in [0.15, 0.2) is 29.3 Å². The number of hydrogen-bond donors (Lipinski definition) is 2. The number of hydrogen-bond acceptors (Lipinski definition) is 2. The van der Waals surface area contributed by atoms with Gasteiger partial charge in [-0.25, -0.2) is 0 Å². The second kappa shape index (κ2) is 10.6. The molecule has 0 heterocycles. The molecular formula is C16H27N3S. The molecule has 0 unspecified atom stereocenters. The summed E-state index contributed by atoms with van der Waals surface area (Å²) < 4.78 is 0. The first-order valence-electron chi connectivity index (χ1n) is 7.39. The van der Waals surface area contributed by atoms with E-state index in [4.69, 9.17) is 0 Å². The fraction of sp³-hybridized carbons (Fsp3) is 0.562. The predicted octanol–water partition coefficient (Wildman–Crippen LogP) is 2.71. The Kier molecular flexibility index (Phi) is 8.96. The fourth-order valence-electron chi connectivity index (χ4n) is 1.86. The number of nitrogens with zero attached hydrogens (tertiary/aromatic N) is 1. The third-order valence-corrected chi connectivity index (χ3v) is 3.64. The van der Waals surface area contributed by atoms with Gasteiger partial charge < -0.3 is 10.6 Å². The van der Waals surface area contributed by atoms with E-state index in [-0.39, 0.29) is 0 Å². The topological polar surface area (TPSA) is 36.4 Å². The van der Waals surface area contributed by atoms with Crippen LogP contribution in [0.3, 0.4) is 0 Å². The lowest BCUT2D eigenvalue weighted by molar-refractivity contribution is 0.803. The second-order valence-electron chi connectivity index (χ2n) is 4.60. The molecule has 0 aromatic heterocycles. The minimum absolute atomic E-state index is 0.863. The molecule has 3 nitrogen and oxygen atoms in total. The molecule has 0 fully saturated rings. The van der Waals surface area contributed by atoms with Gasteiger partial charge >= 0.3 is 0 Å². The lowest BCUT2D eigenvalue weighted by Crippen LogP contribution is -2.38. The quantitative estimate of drug-likeness (QED) is 0.439. The molecule has 0 bridgehead atoms. The molecule has 1 aromatic rings. The van der Waals surface area contributed by atoms with Crippen molar-refractivity contribution < 1.29 is 0 Å². The molecule has 0 spiro atoms. The van der Waals surface area contributed by atoms with E-state index in [9.17, 15) is 0 Å². The second-order valence-corrected chi connectivity index (χ2v) is 5.59. The molecule has 0 aliphatic rings. The Balaban J connectivity index is 2.36. The molecule has 2 N–H and O–H groups in total. The highest BCUT2D eigenvalue weighted by atomic mass is 32.2. The SMILES string of the molecule is CCNC(=NCCSC)NCCc1ccc(CC)cc1. The van der Waals surface area contributed by atoms with Gasteiger partial charge in [0.15, 0.2) is 5.96 Å². The Labute approximate surface area is 127 Å². The van der Waals surface area contributed by atoms with Gasteiger partial charge in [0.25, 0.3) is 0 Å². The summed E-state index contributed by atoms with van der Waals surface area (Å²) in [6.07, 6.45) is 4.23. The minimum atomic E-state index is 0.863. The van der Waals surface area contributed by atoms with E-state index < -0.39 is 0 Å². The number of rotatable bonds is 8. The highest BCUT2D eigenvalue weighted by Gasteiger charge is 1.98. The lowest BCUT2D eigenvalue weighted by Gasteiger charge is -2.11. The van der Waals surface area contributed by atoms with Crippen molar-refractivity contribution in [2.75, 3.05) is 31.6 Å². The molecule has 1 aromatic carbocycles. The Hall–Kier alpha value is -1.16. The summed E-state index contributed by atoms with van der Waals surface area (Å²) in [6, 6.07) is 8.87. The van der Waals surface area contributed by atoms with Crippen molar-refractivity contribution in [3.05, 3.63) is 35.4 Å². The Bertz CT molecular complexity index is 387. The molecule has 0 saturated carbocycles. The van der Waals surface area contributed by atoms with Gasteiger partial charge in [-0.3, -0.25) is 4.99 Å². The normalized spacial score (nSPS) is 11.4. The van der Waals surface area contributed by atoms with Gasteiger partial charge in [-0.1, -0.05) is 31.2 Å². The highest BCUT2D eigenvalue weighted by molar-refractivity contribution is 7.98. The summed E-state index contributed by atoms with van der Waals surface area (Å²) in [4.78, 5) is 4.54. The maximum Gasteiger partial charge on any atom is 0.191 e. The monoisotopic (exact) mass is 293 g/mol. The zero-order chi connectivity index (χ0) is 14.6. The van der Waals surface area contributed by atoms with Gasteiger partial charge in [-0.15, -0.1) is 0 Å². The van der Waals surface area contributed by atoms with E-state index in [0.717, 1.165) is 44.2 Å². The van der Waals surface area contributed by atoms with Gasteiger partial charge in [0.05, 0.1) is 6.54 Å². The Morgan fingerprint density at radius 2 is 1.80 bits per heavy atom. The summed E-state index contributed by atoms with van der Waals surface area (Å²) in [7, 11) is 0. The van der Waals surface area contributed by atoms with Gasteiger partial charge in [-0.05, 0) is 37.1 Å². The first-order valence-corrected chi connectivity index (χ1v) is 8.78. The fourth-order valence-corrected chi connectivity index (χ4v) is 2.13. The van der Waals surface area contributed by atoms with Crippen LogP contribution in [0.4, 0.5) is 0 Å². The van der Waals surface area contributed by atoms with E-state index in [1.54, 1.807) is 0 Å². The van der Waals surface area contributed by atoms with Crippen LogP contribution in [0, 0.1) is 0 Å². The molecule has 0 radical (unpaired) electrons. The molecule has 4 heteroatoms. The number of benzene rings is 1. The Morgan fingerprint density at radius 1 is 1.10 bits per heavy atom. The number of nitrogens with one attached hydrogen (secondary N) is 2. The van der Waals surface area contributed by atoms with Crippen molar-refractivity contribution in [2.45, 2.75) is 26.7 Å². The van der Waals surface area contributed by atoms with Crippen LogP contribution < -0.4 is 10.6 Å². The van der Waals surface area contributed by atoms with Gasteiger partial charge in [0.2, 0.25) is 0 Å². The van der Waals surface area contributed by atoms with Crippen LogP contribution in [0.5, 0.6) is 0 Å². The summed E-state index contributed by atoms with van der Waals surface area (Å²) >= 11 is 1.82. The maximum atomic E-state index is 4.54. The van der Waals surface area contributed by atoms with Gasteiger partial charge in [0.1, 0.15) is 0 Å². The standard InChI is InChI=1S/C16H27N3S/c1-4-14-6-8-15(9-7-14)10-11-18-16(17-5-2)19-12-13-20-3/h6-9H,4-5,10-13H2,1-3H3,(H2,17,18,19). The van der Waals surface area contributed by atoms with E-state index in [2.05, 4.69) is 60.0 Å². The van der Waals surface area contributed by atoms with Crippen LogP contribution in [0.2, 0.25) is 0 Å². The van der Waals surface area contributed by atoms with E-state index in [0.29, 0.717) is 0 Å². The summed E-state index contributed by atoms with van der Waals surface area (Å²) in [5.74, 6) is 1.99. The molecule has 20 heavy (non-hydrogen) atoms. The Morgan fingerprint density at radius 3 is 2.40 bits per heavy atom. The zero-order valence-corrected chi connectivity index (χ0v) is 13.7. The van der Waals surface area contributed by atoms with Crippen LogP contribution in [0.25, 0.3) is 0 Å². The van der Waals surface area contributed by atoms with Crippen molar-refractivity contribution in [2.24, 2.45) is 4.99 Å². The van der Waals surface area contributed by atoms with E-state index in [1.165, 1.54) is 11.1 Å².